The summed E-state index contributed by atoms with van der Waals surface area (Å²) in [5.41, 5.74) is 1.03. The van der Waals surface area contributed by atoms with Crippen LogP contribution in [0, 0.1) is 0 Å². The van der Waals surface area contributed by atoms with Gasteiger partial charge in [-0.25, -0.2) is 4.68 Å². The van der Waals surface area contributed by atoms with E-state index in [-0.39, 0.29) is 5.69 Å². The minimum Gasteiger partial charge on any atom is -0.342 e. The topological polar surface area (TPSA) is 117 Å². The minimum absolute atomic E-state index is 0.117. The molecule has 1 amide bonds. The second kappa shape index (κ2) is 6.71. The van der Waals surface area contributed by atoms with Gasteiger partial charge in [-0.1, -0.05) is 17.3 Å². The standard InChI is InChI=1S/C12H12F3N4O4P/c13-12(14,15)11(20)16-5-9-6-19(18-17-9)10-3-1-8(2-4-10)7-24(21,22)23/h1-4,6H,5,7H2,(H,16,20)(H2,21,22,23). The molecule has 0 saturated heterocycles. The lowest BCUT2D eigenvalue weighted by Gasteiger charge is -2.06. The summed E-state index contributed by atoms with van der Waals surface area (Å²) in [6.07, 6.45) is -4.04. The van der Waals surface area contributed by atoms with Crippen molar-refractivity contribution in [1.29, 1.82) is 0 Å². The SMILES string of the molecule is O=C(NCc1cn(-c2ccc(CP(=O)(O)O)cc2)nn1)C(F)(F)F. The van der Waals surface area contributed by atoms with Crippen LogP contribution in [0.2, 0.25) is 0 Å². The summed E-state index contributed by atoms with van der Waals surface area (Å²) in [7, 11) is -4.17. The molecule has 1 aromatic carbocycles. The van der Waals surface area contributed by atoms with E-state index in [2.05, 4.69) is 10.3 Å². The Hall–Kier alpha value is -2.23. The number of hydrogen-bond donors (Lipinski definition) is 3. The minimum atomic E-state index is -4.97. The number of hydrogen-bond acceptors (Lipinski definition) is 4. The maximum absolute atomic E-state index is 12.1. The van der Waals surface area contributed by atoms with Crippen LogP contribution in [-0.4, -0.2) is 36.9 Å². The highest BCUT2D eigenvalue weighted by Gasteiger charge is 2.38. The van der Waals surface area contributed by atoms with Gasteiger partial charge in [0.15, 0.2) is 0 Å². The lowest BCUT2D eigenvalue weighted by Crippen LogP contribution is -2.36. The van der Waals surface area contributed by atoms with Crippen molar-refractivity contribution >= 4 is 13.5 Å². The molecular formula is C12H12F3N4O4P. The Kier molecular flexibility index (Phi) is 5.07. The Labute approximate surface area is 133 Å². The number of benzene rings is 1. The molecule has 0 atom stereocenters. The maximum atomic E-state index is 12.1. The van der Waals surface area contributed by atoms with E-state index in [4.69, 9.17) is 9.79 Å². The Morgan fingerprint density at radius 1 is 1.25 bits per heavy atom. The molecule has 1 aromatic heterocycles. The van der Waals surface area contributed by atoms with Crippen LogP contribution in [0.1, 0.15) is 11.3 Å². The first-order valence-corrected chi connectivity index (χ1v) is 8.24. The van der Waals surface area contributed by atoms with Gasteiger partial charge in [0.1, 0.15) is 5.69 Å². The molecule has 2 aromatic rings. The van der Waals surface area contributed by atoms with E-state index in [1.807, 2.05) is 0 Å². The Balaban J connectivity index is 2.03. The number of nitrogens with zero attached hydrogens (tertiary/aromatic N) is 3. The first-order valence-electron chi connectivity index (χ1n) is 6.45. The van der Waals surface area contributed by atoms with Crippen LogP contribution in [0.25, 0.3) is 5.69 Å². The summed E-state index contributed by atoms with van der Waals surface area (Å²) < 4.78 is 48.4. The van der Waals surface area contributed by atoms with Gasteiger partial charge in [-0.15, -0.1) is 5.10 Å². The van der Waals surface area contributed by atoms with E-state index in [0.29, 0.717) is 11.3 Å². The molecule has 3 N–H and O–H groups in total. The maximum Gasteiger partial charge on any atom is 0.471 e. The van der Waals surface area contributed by atoms with E-state index in [1.165, 1.54) is 35.1 Å². The van der Waals surface area contributed by atoms with Crippen LogP contribution >= 0.6 is 7.60 Å². The lowest BCUT2D eigenvalue weighted by molar-refractivity contribution is -0.173. The zero-order valence-corrected chi connectivity index (χ0v) is 12.8. The highest BCUT2D eigenvalue weighted by atomic mass is 31.2. The van der Waals surface area contributed by atoms with Gasteiger partial charge < -0.3 is 15.1 Å². The van der Waals surface area contributed by atoms with E-state index in [9.17, 15) is 22.5 Å². The summed E-state index contributed by atoms with van der Waals surface area (Å²) in [5.74, 6) is -2.07. The van der Waals surface area contributed by atoms with Gasteiger partial charge in [-0.05, 0) is 17.7 Å². The van der Waals surface area contributed by atoms with E-state index >= 15 is 0 Å². The van der Waals surface area contributed by atoms with Crippen LogP contribution in [0.5, 0.6) is 0 Å². The zero-order valence-electron chi connectivity index (χ0n) is 11.9. The molecule has 24 heavy (non-hydrogen) atoms. The molecule has 2 rings (SSSR count). The number of nitrogens with one attached hydrogen (secondary N) is 1. The Bertz CT molecular complexity index is 769. The van der Waals surface area contributed by atoms with Crippen LogP contribution in [0.4, 0.5) is 13.2 Å². The van der Waals surface area contributed by atoms with Crippen LogP contribution in [-0.2, 0) is 22.1 Å². The lowest BCUT2D eigenvalue weighted by atomic mass is 10.2. The smallest absolute Gasteiger partial charge is 0.342 e. The second-order valence-electron chi connectivity index (χ2n) is 4.82. The molecule has 0 spiro atoms. The highest BCUT2D eigenvalue weighted by Crippen LogP contribution is 2.38. The second-order valence-corrected chi connectivity index (χ2v) is 6.47. The third kappa shape index (κ3) is 5.15. The number of aromatic nitrogens is 3. The van der Waals surface area contributed by atoms with Crippen molar-refractivity contribution in [2.75, 3.05) is 0 Å². The predicted octanol–water partition coefficient (Wildman–Crippen LogP) is 1.12. The summed E-state index contributed by atoms with van der Waals surface area (Å²) >= 11 is 0. The molecule has 0 unspecified atom stereocenters. The number of rotatable bonds is 5. The van der Waals surface area contributed by atoms with Gasteiger partial charge in [0.25, 0.3) is 0 Å². The van der Waals surface area contributed by atoms with Crippen molar-refractivity contribution in [2.45, 2.75) is 18.9 Å². The summed E-state index contributed by atoms with van der Waals surface area (Å²) in [6.45, 7) is -0.436. The van der Waals surface area contributed by atoms with Gasteiger partial charge >= 0.3 is 19.7 Å². The molecule has 1 heterocycles. The number of carbonyl (C=O) groups excluding carboxylic acids is 1. The number of alkyl halides is 3. The predicted molar refractivity (Wildman–Crippen MR) is 75.0 cm³/mol. The quantitative estimate of drug-likeness (QED) is 0.685. The fourth-order valence-electron chi connectivity index (χ4n) is 1.77. The van der Waals surface area contributed by atoms with Gasteiger partial charge in [-0.2, -0.15) is 13.2 Å². The largest absolute Gasteiger partial charge is 0.471 e. The van der Waals surface area contributed by atoms with Crippen molar-refractivity contribution in [3.8, 4) is 5.69 Å². The Morgan fingerprint density at radius 2 is 1.88 bits per heavy atom. The summed E-state index contributed by atoms with van der Waals surface area (Å²) in [6, 6.07) is 6.03. The molecule has 0 bridgehead atoms. The molecule has 0 aliphatic heterocycles. The third-order valence-corrected chi connectivity index (χ3v) is 3.59. The zero-order chi connectivity index (χ0) is 18.0. The average Bonchev–Trinajstić information content (AvgIpc) is 2.91. The number of amides is 1. The van der Waals surface area contributed by atoms with Crippen molar-refractivity contribution in [1.82, 2.24) is 20.3 Å². The fourth-order valence-corrected chi connectivity index (χ4v) is 2.46. The third-order valence-electron chi connectivity index (χ3n) is 2.82. The number of carbonyl (C=O) groups is 1. The molecule has 0 aliphatic carbocycles. The van der Waals surface area contributed by atoms with Gasteiger partial charge in [0.05, 0.1) is 24.6 Å². The molecule has 0 saturated carbocycles. The molecule has 0 aliphatic rings. The Morgan fingerprint density at radius 3 is 2.42 bits per heavy atom. The van der Waals surface area contributed by atoms with Crippen molar-refractivity contribution in [3.63, 3.8) is 0 Å². The highest BCUT2D eigenvalue weighted by molar-refractivity contribution is 7.50. The van der Waals surface area contributed by atoms with Crippen LogP contribution < -0.4 is 5.32 Å². The molecular weight excluding hydrogens is 352 g/mol. The first kappa shape index (κ1) is 18.1. The normalized spacial score (nSPS) is 12.2. The summed E-state index contributed by atoms with van der Waals surface area (Å²) in [4.78, 5) is 28.5. The van der Waals surface area contributed by atoms with E-state index in [1.54, 1.807) is 5.32 Å². The average molecular weight is 364 g/mol. The van der Waals surface area contributed by atoms with Crippen molar-refractivity contribution in [3.05, 3.63) is 41.7 Å². The van der Waals surface area contributed by atoms with Gasteiger partial charge in [0.2, 0.25) is 0 Å². The molecule has 8 nitrogen and oxygen atoms in total. The molecule has 12 heteroatoms. The van der Waals surface area contributed by atoms with Crippen molar-refractivity contribution in [2.24, 2.45) is 0 Å². The van der Waals surface area contributed by atoms with Gasteiger partial charge in [0, 0.05) is 0 Å². The monoisotopic (exact) mass is 364 g/mol. The van der Waals surface area contributed by atoms with Crippen LogP contribution in [0.3, 0.4) is 0 Å². The van der Waals surface area contributed by atoms with Gasteiger partial charge in [-0.3, -0.25) is 9.36 Å². The molecule has 130 valence electrons. The fraction of sp³-hybridized carbons (Fsp3) is 0.250. The first-order chi connectivity index (χ1) is 11.0. The number of halogens is 3. The van der Waals surface area contributed by atoms with Crippen molar-refractivity contribution < 1.29 is 32.3 Å². The molecule has 0 fully saturated rings. The summed E-state index contributed by atoms with van der Waals surface area (Å²) in [5, 5.41) is 9.02. The van der Waals surface area contributed by atoms with E-state index in [0.717, 1.165) is 0 Å². The van der Waals surface area contributed by atoms with Crippen LogP contribution in [0.15, 0.2) is 30.5 Å². The molecule has 0 radical (unpaired) electrons. The van der Waals surface area contributed by atoms with E-state index < -0.39 is 32.4 Å².